The normalized spacial score (nSPS) is 11.8. The molecular weight excluding hydrogens is 397 g/mol. The first kappa shape index (κ1) is 10.5. The third kappa shape index (κ3) is 2.21. The molecule has 0 spiro atoms. The van der Waals surface area contributed by atoms with E-state index >= 15 is 0 Å². The van der Waals surface area contributed by atoms with Crippen molar-refractivity contribution in [3.8, 4) is 0 Å². The van der Waals surface area contributed by atoms with Crippen molar-refractivity contribution in [2.75, 3.05) is 0 Å². The first-order valence-corrected chi connectivity index (χ1v) is 4.95. The number of nitrogens with zero attached hydrogens (tertiary/aromatic N) is 1. The molecule has 1 nitrogen and oxygen atoms in total. The van der Waals surface area contributed by atoms with E-state index in [-0.39, 0.29) is 7.14 Å². The maximum absolute atomic E-state index is 12.3. The SMILES string of the molecule is FC(F)(F)c1c(I)cncc1I. The summed E-state index contributed by atoms with van der Waals surface area (Å²) in [7, 11) is 0. The van der Waals surface area contributed by atoms with Gasteiger partial charge in [-0.3, -0.25) is 4.98 Å². The summed E-state index contributed by atoms with van der Waals surface area (Å²) in [6.07, 6.45) is -1.88. The highest BCUT2D eigenvalue weighted by Crippen LogP contribution is 2.35. The lowest BCUT2D eigenvalue weighted by molar-refractivity contribution is -0.139. The van der Waals surface area contributed by atoms with Crippen molar-refractivity contribution < 1.29 is 13.2 Å². The minimum Gasteiger partial charge on any atom is -0.262 e. The van der Waals surface area contributed by atoms with Crippen LogP contribution >= 0.6 is 45.2 Å². The fourth-order valence-electron chi connectivity index (χ4n) is 0.682. The number of alkyl halides is 3. The van der Waals surface area contributed by atoms with E-state index in [0.717, 1.165) is 0 Å². The van der Waals surface area contributed by atoms with Gasteiger partial charge in [0.15, 0.2) is 0 Å². The van der Waals surface area contributed by atoms with Gasteiger partial charge in [0.05, 0.1) is 5.56 Å². The fourth-order valence-corrected chi connectivity index (χ4v) is 2.71. The zero-order valence-electron chi connectivity index (χ0n) is 5.49. The van der Waals surface area contributed by atoms with Gasteiger partial charge in [0.2, 0.25) is 0 Å². The van der Waals surface area contributed by atoms with Crippen molar-refractivity contribution in [2.45, 2.75) is 6.18 Å². The molecule has 0 aliphatic rings. The second kappa shape index (κ2) is 3.64. The van der Waals surface area contributed by atoms with Crippen molar-refractivity contribution in [2.24, 2.45) is 0 Å². The van der Waals surface area contributed by atoms with Crippen molar-refractivity contribution in [3.05, 3.63) is 25.1 Å². The van der Waals surface area contributed by atoms with Gasteiger partial charge < -0.3 is 0 Å². The van der Waals surface area contributed by atoms with Crippen LogP contribution in [0.2, 0.25) is 0 Å². The molecule has 0 aliphatic heterocycles. The molecular formula is C6H2F3I2N. The van der Waals surface area contributed by atoms with Crippen molar-refractivity contribution in [1.82, 2.24) is 4.98 Å². The van der Waals surface area contributed by atoms with Crippen molar-refractivity contribution in [3.63, 3.8) is 0 Å². The van der Waals surface area contributed by atoms with Crippen LogP contribution in [0.1, 0.15) is 5.56 Å². The summed E-state index contributed by atoms with van der Waals surface area (Å²) in [4.78, 5) is 3.64. The van der Waals surface area contributed by atoms with Gasteiger partial charge in [0, 0.05) is 19.5 Å². The van der Waals surface area contributed by atoms with Crippen LogP contribution < -0.4 is 0 Å². The molecule has 0 bridgehead atoms. The van der Waals surface area contributed by atoms with Gasteiger partial charge in [-0.2, -0.15) is 13.2 Å². The second-order valence-corrected chi connectivity index (χ2v) is 4.30. The Balaban J connectivity index is 3.31. The molecule has 1 rings (SSSR count). The lowest BCUT2D eigenvalue weighted by Gasteiger charge is -2.09. The van der Waals surface area contributed by atoms with Crippen LogP contribution in [0.15, 0.2) is 12.4 Å². The molecule has 0 N–H and O–H groups in total. The second-order valence-electron chi connectivity index (χ2n) is 1.98. The zero-order valence-corrected chi connectivity index (χ0v) is 9.81. The van der Waals surface area contributed by atoms with E-state index in [0.29, 0.717) is 0 Å². The van der Waals surface area contributed by atoms with E-state index < -0.39 is 11.7 Å². The third-order valence-corrected chi connectivity index (χ3v) is 2.77. The van der Waals surface area contributed by atoms with E-state index in [9.17, 15) is 13.2 Å². The maximum Gasteiger partial charge on any atom is 0.418 e. The summed E-state index contributed by atoms with van der Waals surface area (Å²) in [5.74, 6) is 0. The molecule has 0 saturated carbocycles. The van der Waals surface area contributed by atoms with Gasteiger partial charge >= 0.3 is 6.18 Å². The molecule has 0 atom stereocenters. The van der Waals surface area contributed by atoms with E-state index in [1.807, 2.05) is 0 Å². The Morgan fingerprint density at radius 1 is 1.08 bits per heavy atom. The van der Waals surface area contributed by atoms with Gasteiger partial charge in [0.1, 0.15) is 0 Å². The molecule has 0 unspecified atom stereocenters. The van der Waals surface area contributed by atoms with Gasteiger partial charge in [0.25, 0.3) is 0 Å². The van der Waals surface area contributed by atoms with Crippen LogP contribution in [0, 0.1) is 7.14 Å². The first-order valence-electron chi connectivity index (χ1n) is 2.79. The van der Waals surface area contributed by atoms with Crippen molar-refractivity contribution >= 4 is 45.2 Å². The smallest absolute Gasteiger partial charge is 0.262 e. The van der Waals surface area contributed by atoms with E-state index in [1.165, 1.54) is 12.4 Å². The summed E-state index contributed by atoms with van der Waals surface area (Å²) >= 11 is 3.25. The van der Waals surface area contributed by atoms with Crippen LogP contribution in [-0.2, 0) is 6.18 Å². The predicted octanol–water partition coefficient (Wildman–Crippen LogP) is 3.31. The van der Waals surface area contributed by atoms with Gasteiger partial charge in [-0.25, -0.2) is 0 Å². The Morgan fingerprint density at radius 2 is 1.50 bits per heavy atom. The number of rotatable bonds is 0. The van der Waals surface area contributed by atoms with Gasteiger partial charge in [-0.05, 0) is 45.2 Å². The fraction of sp³-hybridized carbons (Fsp3) is 0.167. The standard InChI is InChI=1S/C6H2F3I2N/c7-6(8,9)5-3(10)1-12-2-4(5)11/h1-2H. The molecule has 1 aromatic rings. The number of pyridine rings is 1. The van der Waals surface area contributed by atoms with Crippen LogP contribution in [0.25, 0.3) is 0 Å². The Labute approximate surface area is 94.0 Å². The van der Waals surface area contributed by atoms with E-state index in [1.54, 1.807) is 45.2 Å². The maximum atomic E-state index is 12.3. The van der Waals surface area contributed by atoms with E-state index in [4.69, 9.17) is 0 Å². The highest BCUT2D eigenvalue weighted by atomic mass is 127. The Morgan fingerprint density at radius 3 is 1.75 bits per heavy atom. The summed E-state index contributed by atoms with van der Waals surface area (Å²) in [5.41, 5.74) is -0.598. The molecule has 1 aromatic heterocycles. The highest BCUT2D eigenvalue weighted by molar-refractivity contribution is 14.1. The minimum absolute atomic E-state index is 0.131. The topological polar surface area (TPSA) is 12.9 Å². The molecule has 0 radical (unpaired) electrons. The highest BCUT2D eigenvalue weighted by Gasteiger charge is 2.35. The monoisotopic (exact) mass is 399 g/mol. The summed E-state index contributed by atoms with van der Waals surface area (Å²) in [5, 5.41) is 0. The van der Waals surface area contributed by atoms with Crippen LogP contribution in [-0.4, -0.2) is 4.98 Å². The summed E-state index contributed by atoms with van der Waals surface area (Å²) in [6.45, 7) is 0. The molecule has 66 valence electrons. The average Bonchev–Trinajstić information content (AvgIpc) is 1.82. The van der Waals surface area contributed by atoms with Crippen LogP contribution in [0.3, 0.4) is 0 Å². The molecule has 0 aromatic carbocycles. The molecule has 0 saturated heterocycles. The van der Waals surface area contributed by atoms with Crippen molar-refractivity contribution in [1.29, 1.82) is 0 Å². The molecule has 12 heavy (non-hydrogen) atoms. The largest absolute Gasteiger partial charge is 0.418 e. The molecule has 0 aliphatic carbocycles. The van der Waals surface area contributed by atoms with Crippen LogP contribution in [0.5, 0.6) is 0 Å². The minimum atomic E-state index is -4.28. The first-order chi connectivity index (χ1) is 5.43. The predicted molar refractivity (Wildman–Crippen MR) is 54.7 cm³/mol. The Bertz CT molecular complexity index is 277. The summed E-state index contributed by atoms with van der Waals surface area (Å²) < 4.78 is 37.1. The molecule has 6 heteroatoms. The number of halogens is 5. The van der Waals surface area contributed by atoms with Gasteiger partial charge in [-0.1, -0.05) is 0 Å². The lowest BCUT2D eigenvalue weighted by atomic mass is 10.3. The Hall–Kier alpha value is 0.400. The number of hydrogen-bond acceptors (Lipinski definition) is 1. The molecule has 0 fully saturated rings. The zero-order chi connectivity index (χ0) is 9.35. The number of aromatic nitrogens is 1. The van der Waals surface area contributed by atoms with Crippen LogP contribution in [0.4, 0.5) is 13.2 Å². The lowest BCUT2D eigenvalue weighted by Crippen LogP contribution is -2.10. The molecule has 0 amide bonds. The molecule has 1 heterocycles. The average molecular weight is 399 g/mol. The summed E-state index contributed by atoms with van der Waals surface area (Å²) in [6, 6.07) is 0. The number of hydrogen-bond donors (Lipinski definition) is 0. The Kier molecular flexibility index (Phi) is 3.18. The third-order valence-electron chi connectivity index (χ3n) is 1.14. The van der Waals surface area contributed by atoms with E-state index in [2.05, 4.69) is 4.98 Å². The quantitative estimate of drug-likeness (QED) is 0.611. The van der Waals surface area contributed by atoms with Gasteiger partial charge in [-0.15, -0.1) is 0 Å².